The van der Waals surface area contributed by atoms with Crippen LogP contribution in [0.5, 0.6) is 0 Å². The van der Waals surface area contributed by atoms with Crippen LogP contribution in [0.15, 0.2) is 0 Å². The molecule has 0 aromatic carbocycles. The fourth-order valence-electron chi connectivity index (χ4n) is 2.38. The van der Waals surface area contributed by atoms with Crippen LogP contribution in [0.4, 0.5) is 0 Å². The van der Waals surface area contributed by atoms with Gasteiger partial charge in [0.15, 0.2) is 0 Å². The summed E-state index contributed by atoms with van der Waals surface area (Å²) in [4.78, 5) is 13.7. The van der Waals surface area contributed by atoms with Crippen molar-refractivity contribution in [3.8, 4) is 0 Å². The van der Waals surface area contributed by atoms with Gasteiger partial charge in [0.05, 0.1) is 12.1 Å². The maximum atomic E-state index is 11.3. The first-order chi connectivity index (χ1) is 8.67. The molecule has 0 spiro atoms. The lowest BCUT2D eigenvalue weighted by atomic mass is 10.1. The number of ether oxygens (including phenoxy) is 1. The van der Waals surface area contributed by atoms with E-state index in [1.165, 1.54) is 6.42 Å². The fraction of sp³-hybridized carbons (Fsp3) is 0.923. The Morgan fingerprint density at radius 1 is 1.61 bits per heavy atom. The number of rotatable bonds is 8. The summed E-state index contributed by atoms with van der Waals surface area (Å²) < 4.78 is 5.39. The molecule has 3 N–H and O–H groups in total. The minimum atomic E-state index is -0.247. The van der Waals surface area contributed by atoms with Crippen molar-refractivity contribution in [1.29, 1.82) is 0 Å². The van der Waals surface area contributed by atoms with E-state index in [1.54, 1.807) is 7.11 Å². The van der Waals surface area contributed by atoms with Gasteiger partial charge in [0.25, 0.3) is 0 Å². The second-order valence-electron chi connectivity index (χ2n) is 5.00. The number of carbonyl (C=O) groups excluding carboxylic acids is 1. The molecular weight excluding hydrogens is 230 g/mol. The van der Waals surface area contributed by atoms with Crippen molar-refractivity contribution in [1.82, 2.24) is 10.2 Å². The number of carbonyl (C=O) groups is 1. The molecule has 1 rings (SSSR count). The molecule has 1 saturated heterocycles. The maximum absolute atomic E-state index is 11.3. The molecule has 1 aliphatic heterocycles. The highest BCUT2D eigenvalue weighted by atomic mass is 16.5. The van der Waals surface area contributed by atoms with Gasteiger partial charge in [-0.1, -0.05) is 6.92 Å². The summed E-state index contributed by atoms with van der Waals surface area (Å²) in [5.41, 5.74) is 5.40. The first-order valence-corrected chi connectivity index (χ1v) is 6.95. The molecule has 1 amide bonds. The van der Waals surface area contributed by atoms with Gasteiger partial charge in [-0.25, -0.2) is 0 Å². The SMILES string of the molecule is CCCNC(CCN1CCCC(OC)C1)C(N)=O. The average Bonchev–Trinajstić information content (AvgIpc) is 2.38. The van der Waals surface area contributed by atoms with Gasteiger partial charge >= 0.3 is 0 Å². The number of nitrogens with one attached hydrogen (secondary N) is 1. The summed E-state index contributed by atoms with van der Waals surface area (Å²) in [6.07, 6.45) is 4.45. The lowest BCUT2D eigenvalue weighted by molar-refractivity contribution is -0.120. The van der Waals surface area contributed by atoms with Gasteiger partial charge in [-0.05, 0) is 38.8 Å². The second kappa shape index (κ2) is 8.45. The standard InChI is InChI=1S/C13H27N3O2/c1-3-7-15-12(13(14)17)6-9-16-8-4-5-11(10-16)18-2/h11-12,15H,3-10H2,1-2H3,(H2,14,17). The number of primary amides is 1. The van der Waals surface area contributed by atoms with Crippen LogP contribution in [-0.4, -0.2) is 56.2 Å². The Labute approximate surface area is 110 Å². The summed E-state index contributed by atoms with van der Waals surface area (Å²) >= 11 is 0. The Kier molecular flexibility index (Phi) is 7.23. The summed E-state index contributed by atoms with van der Waals surface area (Å²) in [7, 11) is 1.77. The Bertz CT molecular complexity index is 248. The van der Waals surface area contributed by atoms with Gasteiger partial charge in [-0.3, -0.25) is 4.79 Å². The molecule has 0 bridgehead atoms. The molecule has 0 aromatic heterocycles. The zero-order valence-electron chi connectivity index (χ0n) is 11.7. The van der Waals surface area contributed by atoms with Crippen molar-refractivity contribution in [2.75, 3.05) is 33.3 Å². The molecule has 5 heteroatoms. The van der Waals surface area contributed by atoms with Gasteiger partial charge in [0, 0.05) is 20.2 Å². The van der Waals surface area contributed by atoms with Crippen molar-refractivity contribution in [3.63, 3.8) is 0 Å². The fourth-order valence-corrected chi connectivity index (χ4v) is 2.38. The quantitative estimate of drug-likeness (QED) is 0.658. The van der Waals surface area contributed by atoms with Crippen LogP contribution in [0, 0.1) is 0 Å². The molecular formula is C13H27N3O2. The minimum Gasteiger partial charge on any atom is -0.380 e. The monoisotopic (exact) mass is 257 g/mol. The molecule has 1 heterocycles. The largest absolute Gasteiger partial charge is 0.380 e. The highest BCUT2D eigenvalue weighted by Gasteiger charge is 2.21. The second-order valence-corrected chi connectivity index (χ2v) is 5.00. The van der Waals surface area contributed by atoms with E-state index in [0.717, 1.165) is 45.4 Å². The van der Waals surface area contributed by atoms with E-state index in [0.29, 0.717) is 6.10 Å². The molecule has 0 radical (unpaired) electrons. The van der Waals surface area contributed by atoms with Gasteiger partial charge in [0.2, 0.25) is 5.91 Å². The number of piperidine rings is 1. The number of likely N-dealkylation sites (tertiary alicyclic amines) is 1. The molecule has 0 aliphatic carbocycles. The third-order valence-corrected chi connectivity index (χ3v) is 3.51. The smallest absolute Gasteiger partial charge is 0.234 e. The molecule has 5 nitrogen and oxygen atoms in total. The predicted molar refractivity (Wildman–Crippen MR) is 72.4 cm³/mol. The van der Waals surface area contributed by atoms with Gasteiger partial charge in [-0.2, -0.15) is 0 Å². The van der Waals surface area contributed by atoms with E-state index in [2.05, 4.69) is 17.1 Å². The topological polar surface area (TPSA) is 67.6 Å². The van der Waals surface area contributed by atoms with Gasteiger partial charge < -0.3 is 20.7 Å². The van der Waals surface area contributed by atoms with Crippen LogP contribution < -0.4 is 11.1 Å². The molecule has 106 valence electrons. The van der Waals surface area contributed by atoms with E-state index in [-0.39, 0.29) is 11.9 Å². The number of nitrogens with zero attached hydrogens (tertiary/aromatic N) is 1. The van der Waals surface area contributed by atoms with Crippen molar-refractivity contribution in [2.24, 2.45) is 5.73 Å². The van der Waals surface area contributed by atoms with Crippen molar-refractivity contribution in [2.45, 2.75) is 44.8 Å². The lowest BCUT2D eigenvalue weighted by Gasteiger charge is -2.32. The first kappa shape index (κ1) is 15.4. The summed E-state index contributed by atoms with van der Waals surface area (Å²) in [6.45, 7) is 5.90. The molecule has 0 saturated carbocycles. The third kappa shape index (κ3) is 5.33. The van der Waals surface area contributed by atoms with E-state index < -0.39 is 0 Å². The highest BCUT2D eigenvalue weighted by molar-refractivity contribution is 5.79. The molecule has 1 aliphatic rings. The number of amides is 1. The molecule has 18 heavy (non-hydrogen) atoms. The van der Waals surface area contributed by atoms with Crippen LogP contribution >= 0.6 is 0 Å². The van der Waals surface area contributed by atoms with Gasteiger partial charge in [-0.15, -0.1) is 0 Å². The van der Waals surface area contributed by atoms with Crippen molar-refractivity contribution < 1.29 is 9.53 Å². The van der Waals surface area contributed by atoms with E-state index in [4.69, 9.17) is 10.5 Å². The third-order valence-electron chi connectivity index (χ3n) is 3.51. The molecule has 2 atom stereocenters. The maximum Gasteiger partial charge on any atom is 0.234 e. The Balaban J connectivity index is 2.30. The highest BCUT2D eigenvalue weighted by Crippen LogP contribution is 2.13. The van der Waals surface area contributed by atoms with E-state index >= 15 is 0 Å². The summed E-state index contributed by atoms with van der Waals surface area (Å²) in [5.74, 6) is -0.247. The number of hydrogen-bond donors (Lipinski definition) is 2. The van der Waals surface area contributed by atoms with E-state index in [9.17, 15) is 4.79 Å². The average molecular weight is 257 g/mol. The van der Waals surface area contributed by atoms with E-state index in [1.807, 2.05) is 0 Å². The summed E-state index contributed by atoms with van der Waals surface area (Å²) in [5, 5.41) is 3.20. The first-order valence-electron chi connectivity index (χ1n) is 6.95. The van der Waals surface area contributed by atoms with Crippen LogP contribution in [-0.2, 0) is 9.53 Å². The molecule has 2 unspecified atom stereocenters. The van der Waals surface area contributed by atoms with Crippen LogP contribution in [0.2, 0.25) is 0 Å². The van der Waals surface area contributed by atoms with Crippen LogP contribution in [0.25, 0.3) is 0 Å². The Hall–Kier alpha value is -0.650. The Morgan fingerprint density at radius 2 is 2.39 bits per heavy atom. The zero-order chi connectivity index (χ0) is 13.4. The minimum absolute atomic E-state index is 0.201. The van der Waals surface area contributed by atoms with Gasteiger partial charge in [0.1, 0.15) is 0 Å². The van der Waals surface area contributed by atoms with Crippen molar-refractivity contribution >= 4 is 5.91 Å². The number of methoxy groups -OCH3 is 1. The predicted octanol–water partition coefficient (Wildman–Crippen LogP) is 0.341. The lowest BCUT2D eigenvalue weighted by Crippen LogP contribution is -2.46. The number of hydrogen-bond acceptors (Lipinski definition) is 4. The van der Waals surface area contributed by atoms with Crippen LogP contribution in [0.1, 0.15) is 32.6 Å². The summed E-state index contributed by atoms with van der Waals surface area (Å²) in [6, 6.07) is -0.201. The molecule has 1 fully saturated rings. The normalized spacial score (nSPS) is 22.9. The van der Waals surface area contributed by atoms with Crippen molar-refractivity contribution in [3.05, 3.63) is 0 Å². The zero-order valence-corrected chi connectivity index (χ0v) is 11.7. The van der Waals surface area contributed by atoms with Crippen LogP contribution in [0.3, 0.4) is 0 Å². The number of nitrogens with two attached hydrogens (primary N) is 1. The Morgan fingerprint density at radius 3 is 3.00 bits per heavy atom. The molecule has 0 aromatic rings.